The van der Waals surface area contributed by atoms with Crippen molar-refractivity contribution in [1.29, 1.82) is 0 Å². The molecule has 1 saturated heterocycles. The second-order valence-corrected chi connectivity index (χ2v) is 6.84. The van der Waals surface area contributed by atoms with Crippen LogP contribution in [0.3, 0.4) is 0 Å². The predicted octanol–water partition coefficient (Wildman–Crippen LogP) is 2.27. The van der Waals surface area contributed by atoms with Crippen molar-refractivity contribution in [2.45, 2.75) is 38.1 Å². The van der Waals surface area contributed by atoms with Gasteiger partial charge >= 0.3 is 6.03 Å². The van der Waals surface area contributed by atoms with Gasteiger partial charge in [0.05, 0.1) is 7.11 Å². The molecule has 1 aliphatic heterocycles. The molecule has 2 N–H and O–H groups in total. The number of nitrogens with zero attached hydrogens (tertiary/aromatic N) is 1. The average molecular weight is 363 g/mol. The van der Waals surface area contributed by atoms with Crippen LogP contribution in [0.4, 0.5) is 14.9 Å². The van der Waals surface area contributed by atoms with Gasteiger partial charge in [0.1, 0.15) is 12.1 Å². The molecule has 1 saturated carbocycles. The van der Waals surface area contributed by atoms with Crippen molar-refractivity contribution in [2.75, 3.05) is 19.0 Å². The van der Waals surface area contributed by atoms with Crippen molar-refractivity contribution in [2.24, 2.45) is 5.92 Å². The van der Waals surface area contributed by atoms with Gasteiger partial charge in [-0.2, -0.15) is 0 Å². The highest BCUT2D eigenvalue weighted by molar-refractivity contribution is 6.10. The second-order valence-electron chi connectivity index (χ2n) is 6.84. The highest BCUT2D eigenvalue weighted by Crippen LogP contribution is 2.38. The Bertz CT molecular complexity index is 754. The number of hydrogen-bond acceptors (Lipinski definition) is 4. The Morgan fingerprint density at radius 2 is 2.19 bits per heavy atom. The molecule has 0 aromatic heterocycles. The quantitative estimate of drug-likeness (QED) is 0.804. The Morgan fingerprint density at radius 1 is 1.42 bits per heavy atom. The van der Waals surface area contributed by atoms with E-state index in [4.69, 9.17) is 4.74 Å². The topological polar surface area (TPSA) is 87.7 Å². The number of benzene rings is 1. The van der Waals surface area contributed by atoms with Gasteiger partial charge in [0.2, 0.25) is 5.91 Å². The Labute approximate surface area is 150 Å². The number of imide groups is 1. The van der Waals surface area contributed by atoms with Gasteiger partial charge in [-0.05, 0) is 30.9 Å². The van der Waals surface area contributed by atoms with Gasteiger partial charge in [-0.15, -0.1) is 0 Å². The van der Waals surface area contributed by atoms with Crippen molar-refractivity contribution < 1.29 is 23.5 Å². The molecule has 2 fully saturated rings. The summed E-state index contributed by atoms with van der Waals surface area (Å²) >= 11 is 0. The molecule has 0 radical (unpaired) electrons. The molecule has 1 aliphatic carbocycles. The van der Waals surface area contributed by atoms with Crippen molar-refractivity contribution in [1.82, 2.24) is 10.2 Å². The van der Waals surface area contributed by atoms with Crippen LogP contribution in [0.25, 0.3) is 0 Å². The Balaban J connectivity index is 1.68. The smallest absolute Gasteiger partial charge is 0.325 e. The molecule has 1 spiro atoms. The fourth-order valence-corrected chi connectivity index (χ4v) is 3.73. The number of halogens is 1. The molecule has 26 heavy (non-hydrogen) atoms. The molecule has 7 nitrogen and oxygen atoms in total. The minimum Gasteiger partial charge on any atom is -0.494 e. The average Bonchev–Trinajstić information content (AvgIpc) is 2.83. The number of urea groups is 1. The maximum atomic E-state index is 13.7. The molecule has 2 aliphatic rings. The van der Waals surface area contributed by atoms with E-state index in [0.29, 0.717) is 6.42 Å². The number of hydrogen-bond donors (Lipinski definition) is 2. The lowest BCUT2D eigenvalue weighted by Gasteiger charge is -2.36. The maximum absolute atomic E-state index is 13.7. The number of methoxy groups -OCH3 is 1. The van der Waals surface area contributed by atoms with Gasteiger partial charge in [0.25, 0.3) is 5.91 Å². The van der Waals surface area contributed by atoms with Crippen LogP contribution in [0.5, 0.6) is 5.75 Å². The third-order valence-corrected chi connectivity index (χ3v) is 5.24. The summed E-state index contributed by atoms with van der Waals surface area (Å²) < 4.78 is 18.5. The fraction of sp³-hybridized carbons (Fsp3) is 0.500. The first kappa shape index (κ1) is 18.2. The molecule has 1 heterocycles. The molecule has 140 valence electrons. The molecule has 4 amide bonds. The van der Waals surface area contributed by atoms with Crippen LogP contribution in [0, 0.1) is 11.7 Å². The molecule has 2 unspecified atom stereocenters. The highest BCUT2D eigenvalue weighted by atomic mass is 19.1. The highest BCUT2D eigenvalue weighted by Gasteiger charge is 2.55. The Hall–Kier alpha value is -2.64. The molecule has 1 aromatic carbocycles. The molecule has 8 heteroatoms. The van der Waals surface area contributed by atoms with Gasteiger partial charge < -0.3 is 15.4 Å². The normalized spacial score (nSPS) is 25.3. The zero-order chi connectivity index (χ0) is 18.9. The fourth-order valence-electron chi connectivity index (χ4n) is 3.73. The molecular formula is C18H22FN3O4. The standard InChI is InChI=1S/C18H22FN3O4/c1-11-5-3-4-8-18(11)16(24)22(17(25)21-18)10-15(23)20-12-6-7-14(26-2)13(19)9-12/h6-7,9,11H,3-5,8,10H2,1-2H3,(H,20,23)(H,21,25). The van der Waals surface area contributed by atoms with Crippen LogP contribution >= 0.6 is 0 Å². The summed E-state index contributed by atoms with van der Waals surface area (Å²) in [5.74, 6) is -1.46. The van der Waals surface area contributed by atoms with E-state index in [1.165, 1.54) is 19.2 Å². The molecular weight excluding hydrogens is 341 g/mol. The molecule has 2 atom stereocenters. The van der Waals surface area contributed by atoms with E-state index < -0.39 is 29.8 Å². The SMILES string of the molecule is COc1ccc(NC(=O)CN2C(=O)NC3(CCCCC3C)C2=O)cc1F. The summed E-state index contributed by atoms with van der Waals surface area (Å²) in [7, 11) is 1.34. The van der Waals surface area contributed by atoms with Crippen LogP contribution in [0.1, 0.15) is 32.6 Å². The first-order valence-corrected chi connectivity index (χ1v) is 8.65. The van der Waals surface area contributed by atoms with Crippen LogP contribution in [0.2, 0.25) is 0 Å². The zero-order valence-electron chi connectivity index (χ0n) is 14.8. The van der Waals surface area contributed by atoms with E-state index in [0.717, 1.165) is 30.2 Å². The van der Waals surface area contributed by atoms with Crippen molar-refractivity contribution in [3.8, 4) is 5.75 Å². The van der Waals surface area contributed by atoms with E-state index in [1.807, 2.05) is 6.92 Å². The monoisotopic (exact) mass is 363 g/mol. The van der Waals surface area contributed by atoms with E-state index in [1.54, 1.807) is 0 Å². The summed E-state index contributed by atoms with van der Waals surface area (Å²) in [6, 6.07) is 3.43. The van der Waals surface area contributed by atoms with Crippen LogP contribution in [0.15, 0.2) is 18.2 Å². The van der Waals surface area contributed by atoms with Crippen molar-refractivity contribution in [3.05, 3.63) is 24.0 Å². The molecule has 0 bridgehead atoms. The van der Waals surface area contributed by atoms with E-state index in [2.05, 4.69) is 10.6 Å². The number of amides is 4. The summed E-state index contributed by atoms with van der Waals surface area (Å²) in [5, 5.41) is 5.29. The van der Waals surface area contributed by atoms with Crippen LogP contribution in [-0.2, 0) is 9.59 Å². The summed E-state index contributed by atoms with van der Waals surface area (Å²) in [6.07, 6.45) is 3.33. The molecule has 3 rings (SSSR count). The second kappa shape index (κ2) is 6.93. The van der Waals surface area contributed by atoms with Gasteiger partial charge in [0.15, 0.2) is 11.6 Å². The van der Waals surface area contributed by atoms with Gasteiger partial charge in [0, 0.05) is 11.8 Å². The Morgan fingerprint density at radius 3 is 2.85 bits per heavy atom. The van der Waals surface area contributed by atoms with Crippen molar-refractivity contribution in [3.63, 3.8) is 0 Å². The van der Waals surface area contributed by atoms with Gasteiger partial charge in [-0.3, -0.25) is 14.5 Å². The summed E-state index contributed by atoms with van der Waals surface area (Å²) in [4.78, 5) is 38.3. The van der Waals surface area contributed by atoms with Gasteiger partial charge in [-0.1, -0.05) is 19.8 Å². The summed E-state index contributed by atoms with van der Waals surface area (Å²) in [5.41, 5.74) is -0.678. The number of rotatable bonds is 4. The van der Waals surface area contributed by atoms with Crippen LogP contribution in [-0.4, -0.2) is 41.9 Å². The first-order chi connectivity index (χ1) is 12.4. The lowest BCUT2D eigenvalue weighted by atomic mass is 9.73. The zero-order valence-corrected chi connectivity index (χ0v) is 14.8. The number of ether oxygens (including phenoxy) is 1. The van der Waals surface area contributed by atoms with E-state index in [9.17, 15) is 18.8 Å². The first-order valence-electron chi connectivity index (χ1n) is 8.65. The largest absolute Gasteiger partial charge is 0.494 e. The third-order valence-electron chi connectivity index (χ3n) is 5.24. The van der Waals surface area contributed by atoms with E-state index in [-0.39, 0.29) is 23.3 Å². The lowest BCUT2D eigenvalue weighted by molar-refractivity contribution is -0.136. The lowest BCUT2D eigenvalue weighted by Crippen LogP contribution is -2.54. The van der Waals surface area contributed by atoms with E-state index >= 15 is 0 Å². The minimum absolute atomic E-state index is 0.0245. The number of carbonyl (C=O) groups excluding carboxylic acids is 3. The van der Waals surface area contributed by atoms with Crippen LogP contribution < -0.4 is 15.4 Å². The minimum atomic E-state index is -0.901. The maximum Gasteiger partial charge on any atom is 0.325 e. The number of carbonyl (C=O) groups is 3. The van der Waals surface area contributed by atoms with Gasteiger partial charge in [-0.25, -0.2) is 9.18 Å². The molecule has 1 aromatic rings. The van der Waals surface area contributed by atoms with Crippen molar-refractivity contribution >= 4 is 23.5 Å². The summed E-state index contributed by atoms with van der Waals surface area (Å²) in [6.45, 7) is 1.54. The predicted molar refractivity (Wildman–Crippen MR) is 92.2 cm³/mol. The third kappa shape index (κ3) is 3.11. The Kier molecular flexibility index (Phi) is 4.84. The number of anilines is 1. The number of nitrogens with one attached hydrogen (secondary N) is 2.